The molecule has 27 heavy (non-hydrogen) atoms. The topological polar surface area (TPSA) is 84.5 Å². The average Bonchev–Trinajstić information content (AvgIpc) is 2.69. The molecule has 0 saturated carbocycles. The number of benzene rings is 2. The largest absolute Gasteiger partial charge is 0.494 e. The number of hydrazine groups is 1. The van der Waals surface area contributed by atoms with E-state index in [0.29, 0.717) is 17.9 Å². The van der Waals surface area contributed by atoms with E-state index in [4.69, 9.17) is 16.3 Å². The minimum atomic E-state index is -0.525. The molecule has 0 aliphatic heterocycles. The first-order chi connectivity index (χ1) is 13.0. The van der Waals surface area contributed by atoms with Crippen molar-refractivity contribution in [3.63, 3.8) is 0 Å². The lowest BCUT2D eigenvalue weighted by atomic mass is 10.1. The molecule has 2 N–H and O–H groups in total. The van der Waals surface area contributed by atoms with Crippen LogP contribution in [0.1, 0.15) is 46.9 Å². The fraction of sp³-hybridized carbons (Fsp3) is 0.250. The van der Waals surface area contributed by atoms with Crippen LogP contribution in [-0.2, 0) is 4.79 Å². The molecule has 2 rings (SSSR count). The molecule has 0 bridgehead atoms. The van der Waals surface area contributed by atoms with E-state index in [2.05, 4.69) is 10.9 Å². The van der Waals surface area contributed by atoms with E-state index in [1.807, 2.05) is 6.92 Å². The molecule has 0 aliphatic rings. The molecule has 0 saturated heterocycles. The Kier molecular flexibility index (Phi) is 7.82. The smallest absolute Gasteiger partial charge is 0.271 e. The van der Waals surface area contributed by atoms with Crippen molar-refractivity contribution >= 4 is 29.2 Å². The van der Waals surface area contributed by atoms with Crippen molar-refractivity contribution in [2.75, 3.05) is 6.61 Å². The summed E-state index contributed by atoms with van der Waals surface area (Å²) in [5.41, 5.74) is 5.31. The van der Waals surface area contributed by atoms with Gasteiger partial charge in [-0.05, 0) is 42.8 Å². The van der Waals surface area contributed by atoms with E-state index in [9.17, 15) is 14.4 Å². The van der Waals surface area contributed by atoms with Gasteiger partial charge in [0.25, 0.3) is 5.91 Å². The second-order valence-corrected chi connectivity index (χ2v) is 6.19. The molecule has 7 heteroatoms. The first kappa shape index (κ1) is 20.5. The van der Waals surface area contributed by atoms with Gasteiger partial charge in [-0.1, -0.05) is 30.7 Å². The van der Waals surface area contributed by atoms with Gasteiger partial charge in [0.1, 0.15) is 5.75 Å². The van der Waals surface area contributed by atoms with Gasteiger partial charge in [0.15, 0.2) is 5.78 Å². The molecule has 0 radical (unpaired) electrons. The number of rotatable bonds is 8. The summed E-state index contributed by atoms with van der Waals surface area (Å²) in [4.78, 5) is 35.9. The van der Waals surface area contributed by atoms with Crippen LogP contribution in [-0.4, -0.2) is 24.2 Å². The first-order valence-corrected chi connectivity index (χ1v) is 8.99. The van der Waals surface area contributed by atoms with Crippen LogP contribution in [0.15, 0.2) is 48.5 Å². The van der Waals surface area contributed by atoms with E-state index in [1.54, 1.807) is 48.5 Å². The molecule has 0 fully saturated rings. The van der Waals surface area contributed by atoms with Crippen LogP contribution in [0.25, 0.3) is 0 Å². The second kappa shape index (κ2) is 10.3. The number of carbonyl (C=O) groups is 3. The molecule has 0 aromatic heterocycles. The molecule has 142 valence electrons. The maximum Gasteiger partial charge on any atom is 0.271 e. The highest BCUT2D eigenvalue weighted by molar-refractivity contribution is 6.33. The van der Waals surface area contributed by atoms with Gasteiger partial charge in [-0.15, -0.1) is 0 Å². The Balaban J connectivity index is 1.77. The maximum absolute atomic E-state index is 12.2. The highest BCUT2D eigenvalue weighted by atomic mass is 35.5. The zero-order valence-corrected chi connectivity index (χ0v) is 15.7. The van der Waals surface area contributed by atoms with Crippen LogP contribution in [0.5, 0.6) is 5.75 Å². The third-order valence-corrected chi connectivity index (χ3v) is 3.99. The molecule has 2 aromatic rings. The summed E-state index contributed by atoms with van der Waals surface area (Å²) in [6.07, 6.45) is 0.890. The SMILES string of the molecule is CCCOc1ccc(C(=O)CCC(=O)NNC(=O)c2ccccc2Cl)cc1. The monoisotopic (exact) mass is 388 g/mol. The van der Waals surface area contributed by atoms with Crippen molar-refractivity contribution in [1.82, 2.24) is 10.9 Å². The molecule has 2 amide bonds. The summed E-state index contributed by atoms with van der Waals surface area (Å²) in [5.74, 6) is -0.451. The maximum atomic E-state index is 12.2. The predicted octanol–water partition coefficient (Wildman–Crippen LogP) is 3.55. The number of amides is 2. The van der Waals surface area contributed by atoms with Gasteiger partial charge in [-0.2, -0.15) is 0 Å². The van der Waals surface area contributed by atoms with Crippen molar-refractivity contribution in [3.8, 4) is 5.75 Å². The van der Waals surface area contributed by atoms with E-state index in [-0.39, 0.29) is 29.2 Å². The quantitative estimate of drug-likeness (QED) is 0.535. The van der Waals surface area contributed by atoms with Gasteiger partial charge in [0, 0.05) is 18.4 Å². The molecule has 0 spiro atoms. The highest BCUT2D eigenvalue weighted by Crippen LogP contribution is 2.15. The van der Waals surface area contributed by atoms with Crippen LogP contribution in [0, 0.1) is 0 Å². The van der Waals surface area contributed by atoms with Crippen LogP contribution in [0.2, 0.25) is 5.02 Å². The minimum absolute atomic E-state index is 0.0307. The van der Waals surface area contributed by atoms with Crippen LogP contribution in [0.3, 0.4) is 0 Å². The third kappa shape index (κ3) is 6.42. The zero-order valence-electron chi connectivity index (χ0n) is 15.0. The molecular formula is C20H21ClN2O4. The minimum Gasteiger partial charge on any atom is -0.494 e. The van der Waals surface area contributed by atoms with E-state index in [1.165, 1.54) is 0 Å². The Morgan fingerprint density at radius 3 is 2.33 bits per heavy atom. The van der Waals surface area contributed by atoms with Crippen molar-refractivity contribution < 1.29 is 19.1 Å². The fourth-order valence-electron chi connectivity index (χ4n) is 2.23. The Morgan fingerprint density at radius 2 is 1.67 bits per heavy atom. The number of ketones is 1. The number of halogens is 1. The molecule has 6 nitrogen and oxygen atoms in total. The Morgan fingerprint density at radius 1 is 0.963 bits per heavy atom. The second-order valence-electron chi connectivity index (χ2n) is 5.78. The van der Waals surface area contributed by atoms with Gasteiger partial charge in [0.2, 0.25) is 5.91 Å². The van der Waals surface area contributed by atoms with Crippen LogP contribution >= 0.6 is 11.6 Å². The lowest BCUT2D eigenvalue weighted by molar-refractivity contribution is -0.121. The fourth-order valence-corrected chi connectivity index (χ4v) is 2.45. The zero-order chi connectivity index (χ0) is 19.6. The number of ether oxygens (including phenoxy) is 1. The van der Waals surface area contributed by atoms with Crippen LogP contribution < -0.4 is 15.6 Å². The summed E-state index contributed by atoms with van der Waals surface area (Å²) in [6.45, 7) is 2.63. The van der Waals surface area contributed by atoms with Crippen molar-refractivity contribution in [2.45, 2.75) is 26.2 Å². The molecule has 0 aliphatic carbocycles. The van der Waals surface area contributed by atoms with Crippen molar-refractivity contribution in [1.29, 1.82) is 0 Å². The Bertz CT molecular complexity index is 806. The number of nitrogens with one attached hydrogen (secondary N) is 2. The lowest BCUT2D eigenvalue weighted by Crippen LogP contribution is -2.41. The number of carbonyl (C=O) groups excluding carboxylic acids is 3. The van der Waals surface area contributed by atoms with Gasteiger partial charge in [-0.25, -0.2) is 0 Å². The molecular weight excluding hydrogens is 368 g/mol. The summed E-state index contributed by atoms with van der Waals surface area (Å²) >= 11 is 5.92. The number of hydrogen-bond donors (Lipinski definition) is 2. The third-order valence-electron chi connectivity index (χ3n) is 3.66. The van der Waals surface area contributed by atoms with Crippen molar-refractivity contribution in [3.05, 3.63) is 64.7 Å². The predicted molar refractivity (Wildman–Crippen MR) is 103 cm³/mol. The normalized spacial score (nSPS) is 10.1. The standard InChI is InChI=1S/C20H21ClN2O4/c1-2-13-27-15-9-7-14(8-10-15)18(24)11-12-19(25)22-23-20(26)16-5-3-4-6-17(16)21/h3-10H,2,11-13H2,1H3,(H,22,25)(H,23,26). The highest BCUT2D eigenvalue weighted by Gasteiger charge is 2.12. The van der Waals surface area contributed by atoms with Crippen molar-refractivity contribution in [2.24, 2.45) is 0 Å². The van der Waals surface area contributed by atoms with Gasteiger partial charge in [-0.3, -0.25) is 25.2 Å². The summed E-state index contributed by atoms with van der Waals surface area (Å²) in [7, 11) is 0. The lowest BCUT2D eigenvalue weighted by Gasteiger charge is -2.08. The Labute approximate surface area is 162 Å². The van der Waals surface area contributed by atoms with E-state index in [0.717, 1.165) is 6.42 Å². The molecule has 0 unspecified atom stereocenters. The molecule has 0 heterocycles. The van der Waals surface area contributed by atoms with E-state index >= 15 is 0 Å². The number of Topliss-reactive ketones (excluding diaryl/α,β-unsaturated/α-hetero) is 1. The van der Waals surface area contributed by atoms with Gasteiger partial charge in [0.05, 0.1) is 17.2 Å². The van der Waals surface area contributed by atoms with Gasteiger partial charge < -0.3 is 4.74 Å². The van der Waals surface area contributed by atoms with Gasteiger partial charge >= 0.3 is 0 Å². The number of hydrogen-bond acceptors (Lipinski definition) is 4. The average molecular weight is 389 g/mol. The summed E-state index contributed by atoms with van der Waals surface area (Å²) in [5, 5.41) is 0.283. The first-order valence-electron chi connectivity index (χ1n) is 8.61. The van der Waals surface area contributed by atoms with E-state index < -0.39 is 11.8 Å². The Hall–Kier alpha value is -2.86. The summed E-state index contributed by atoms with van der Waals surface area (Å²) < 4.78 is 5.46. The molecule has 0 atom stereocenters. The molecule has 2 aromatic carbocycles. The summed E-state index contributed by atoms with van der Waals surface area (Å²) in [6, 6.07) is 13.3. The van der Waals surface area contributed by atoms with Crippen LogP contribution in [0.4, 0.5) is 0 Å².